The van der Waals surface area contributed by atoms with Gasteiger partial charge < -0.3 is 19.5 Å². The van der Waals surface area contributed by atoms with Gasteiger partial charge in [0.05, 0.1) is 11.6 Å². The van der Waals surface area contributed by atoms with Crippen LogP contribution in [-0.2, 0) is 11.8 Å². The number of nitriles is 1. The Morgan fingerprint density at radius 3 is 2.50 bits per heavy atom. The SMILES string of the molecule is CCC(OC)Oc1cc(Oc2ccc(C#N)cc2)cc(C(=O)Nc2ccn(C)n2)c1. The molecule has 0 spiro atoms. The number of aromatic nitrogens is 2. The quantitative estimate of drug-likeness (QED) is 0.566. The number of benzene rings is 2. The summed E-state index contributed by atoms with van der Waals surface area (Å²) in [4.78, 5) is 12.7. The van der Waals surface area contributed by atoms with Gasteiger partial charge in [0.2, 0.25) is 0 Å². The first-order chi connectivity index (χ1) is 14.5. The standard InChI is InChI=1S/C22H22N4O4/c1-4-21(28-3)30-19-12-16(22(27)24-20-9-10-26(2)25-20)11-18(13-19)29-17-7-5-15(14-23)6-8-17/h5-13,21H,4H2,1-3H3,(H,24,25,27). The topological polar surface area (TPSA) is 98.4 Å². The van der Waals surface area contributed by atoms with Gasteiger partial charge in [0, 0.05) is 44.5 Å². The largest absolute Gasteiger partial charge is 0.465 e. The third-order valence-corrected chi connectivity index (χ3v) is 4.18. The number of anilines is 1. The Kier molecular flexibility index (Phi) is 6.67. The second-order valence-electron chi connectivity index (χ2n) is 6.45. The maximum atomic E-state index is 12.7. The zero-order valence-electron chi connectivity index (χ0n) is 17.0. The number of amides is 1. The number of rotatable bonds is 8. The summed E-state index contributed by atoms with van der Waals surface area (Å²) in [6, 6.07) is 15.3. The number of ether oxygens (including phenoxy) is 3. The smallest absolute Gasteiger partial charge is 0.257 e. The third kappa shape index (κ3) is 5.37. The monoisotopic (exact) mass is 406 g/mol. The molecule has 154 valence electrons. The van der Waals surface area contributed by atoms with Gasteiger partial charge in [0.15, 0.2) is 12.1 Å². The van der Waals surface area contributed by atoms with E-state index < -0.39 is 6.29 Å². The van der Waals surface area contributed by atoms with Crippen LogP contribution in [0.2, 0.25) is 0 Å². The molecule has 0 saturated heterocycles. The van der Waals surface area contributed by atoms with Crippen molar-refractivity contribution in [2.45, 2.75) is 19.6 Å². The Balaban J connectivity index is 1.88. The normalized spacial score (nSPS) is 11.4. The molecular weight excluding hydrogens is 384 g/mol. The van der Waals surface area contributed by atoms with E-state index in [1.807, 2.05) is 6.92 Å². The number of hydrogen-bond donors (Lipinski definition) is 1. The highest BCUT2D eigenvalue weighted by atomic mass is 16.7. The van der Waals surface area contributed by atoms with Gasteiger partial charge in [-0.1, -0.05) is 6.92 Å². The number of nitrogens with zero attached hydrogens (tertiary/aromatic N) is 3. The van der Waals surface area contributed by atoms with Gasteiger partial charge in [-0.3, -0.25) is 9.48 Å². The maximum Gasteiger partial charge on any atom is 0.257 e. The number of aryl methyl sites for hydroxylation is 1. The van der Waals surface area contributed by atoms with E-state index >= 15 is 0 Å². The van der Waals surface area contributed by atoms with E-state index in [1.54, 1.807) is 73.6 Å². The third-order valence-electron chi connectivity index (χ3n) is 4.18. The van der Waals surface area contributed by atoms with Gasteiger partial charge in [-0.05, 0) is 36.4 Å². The molecule has 0 bridgehead atoms. The van der Waals surface area contributed by atoms with Crippen molar-refractivity contribution in [3.63, 3.8) is 0 Å². The molecule has 8 nitrogen and oxygen atoms in total. The molecule has 1 N–H and O–H groups in total. The van der Waals surface area contributed by atoms with Gasteiger partial charge >= 0.3 is 0 Å². The Bertz CT molecular complexity index is 1050. The first-order valence-corrected chi connectivity index (χ1v) is 9.34. The zero-order valence-corrected chi connectivity index (χ0v) is 17.0. The van der Waals surface area contributed by atoms with E-state index in [9.17, 15) is 4.79 Å². The summed E-state index contributed by atoms with van der Waals surface area (Å²) in [5.74, 6) is 1.46. The summed E-state index contributed by atoms with van der Waals surface area (Å²) in [6.45, 7) is 1.93. The molecule has 1 unspecified atom stereocenters. The molecule has 1 atom stereocenters. The van der Waals surface area contributed by atoms with Crippen LogP contribution in [0.15, 0.2) is 54.7 Å². The summed E-state index contributed by atoms with van der Waals surface area (Å²) in [5, 5.41) is 15.8. The number of carbonyl (C=O) groups is 1. The number of carbonyl (C=O) groups excluding carboxylic acids is 1. The summed E-state index contributed by atoms with van der Waals surface area (Å²) in [5.41, 5.74) is 0.869. The molecule has 8 heteroatoms. The van der Waals surface area contributed by atoms with Crippen LogP contribution in [0.25, 0.3) is 0 Å². The molecule has 30 heavy (non-hydrogen) atoms. The molecular formula is C22H22N4O4. The molecule has 3 rings (SSSR count). The van der Waals surface area contributed by atoms with Crippen molar-refractivity contribution in [1.82, 2.24) is 9.78 Å². The van der Waals surface area contributed by atoms with Crippen LogP contribution in [0.5, 0.6) is 17.2 Å². The lowest BCUT2D eigenvalue weighted by Crippen LogP contribution is -2.18. The lowest BCUT2D eigenvalue weighted by Gasteiger charge is -2.17. The average molecular weight is 406 g/mol. The predicted molar refractivity (Wildman–Crippen MR) is 111 cm³/mol. The fraction of sp³-hybridized carbons (Fsp3) is 0.227. The van der Waals surface area contributed by atoms with Crippen molar-refractivity contribution in [2.24, 2.45) is 7.05 Å². The Morgan fingerprint density at radius 2 is 1.90 bits per heavy atom. The van der Waals surface area contributed by atoms with Crippen LogP contribution in [0.1, 0.15) is 29.3 Å². The lowest BCUT2D eigenvalue weighted by atomic mass is 10.2. The van der Waals surface area contributed by atoms with Crippen molar-refractivity contribution in [3.8, 4) is 23.3 Å². The van der Waals surface area contributed by atoms with E-state index in [0.717, 1.165) is 0 Å². The molecule has 0 aliphatic rings. The second kappa shape index (κ2) is 9.58. The fourth-order valence-electron chi connectivity index (χ4n) is 2.68. The minimum Gasteiger partial charge on any atom is -0.465 e. The molecule has 1 heterocycles. The minimum atomic E-state index is -0.457. The highest BCUT2D eigenvalue weighted by Gasteiger charge is 2.15. The number of methoxy groups -OCH3 is 1. The van der Waals surface area contributed by atoms with Crippen LogP contribution in [0, 0.1) is 11.3 Å². The van der Waals surface area contributed by atoms with Crippen LogP contribution >= 0.6 is 0 Å². The van der Waals surface area contributed by atoms with Gasteiger partial charge in [0.1, 0.15) is 17.2 Å². The summed E-state index contributed by atoms with van der Waals surface area (Å²) >= 11 is 0. The van der Waals surface area contributed by atoms with Crippen molar-refractivity contribution in [3.05, 3.63) is 65.9 Å². The number of nitrogens with one attached hydrogen (secondary N) is 1. The predicted octanol–water partition coefficient (Wildman–Crippen LogP) is 4.10. The molecule has 0 radical (unpaired) electrons. The summed E-state index contributed by atoms with van der Waals surface area (Å²) < 4.78 is 18.6. The van der Waals surface area contributed by atoms with E-state index in [-0.39, 0.29) is 5.91 Å². The summed E-state index contributed by atoms with van der Waals surface area (Å²) in [7, 11) is 3.32. The Hall–Kier alpha value is -3.83. The average Bonchev–Trinajstić information content (AvgIpc) is 3.16. The maximum absolute atomic E-state index is 12.7. The molecule has 0 aliphatic carbocycles. The lowest BCUT2D eigenvalue weighted by molar-refractivity contribution is -0.0549. The minimum absolute atomic E-state index is 0.341. The van der Waals surface area contributed by atoms with Crippen molar-refractivity contribution < 1.29 is 19.0 Å². The highest BCUT2D eigenvalue weighted by Crippen LogP contribution is 2.29. The molecule has 0 aliphatic heterocycles. The summed E-state index contributed by atoms with van der Waals surface area (Å²) in [6.07, 6.45) is 1.91. The van der Waals surface area contributed by atoms with Gasteiger partial charge in [-0.25, -0.2) is 0 Å². The molecule has 1 aromatic heterocycles. The van der Waals surface area contributed by atoms with Crippen LogP contribution in [0.3, 0.4) is 0 Å². The van der Waals surface area contributed by atoms with E-state index in [1.165, 1.54) is 0 Å². The fourth-order valence-corrected chi connectivity index (χ4v) is 2.68. The molecule has 0 fully saturated rings. The highest BCUT2D eigenvalue weighted by molar-refractivity contribution is 6.04. The van der Waals surface area contributed by atoms with Crippen LogP contribution in [0.4, 0.5) is 5.82 Å². The number of hydrogen-bond acceptors (Lipinski definition) is 6. The van der Waals surface area contributed by atoms with E-state index in [0.29, 0.717) is 40.6 Å². The molecule has 1 amide bonds. The second-order valence-corrected chi connectivity index (χ2v) is 6.45. The van der Waals surface area contributed by atoms with Crippen molar-refractivity contribution >= 4 is 11.7 Å². The molecule has 0 saturated carbocycles. The van der Waals surface area contributed by atoms with Gasteiger partial charge in [-0.15, -0.1) is 0 Å². The van der Waals surface area contributed by atoms with E-state index in [2.05, 4.69) is 16.5 Å². The van der Waals surface area contributed by atoms with Crippen LogP contribution in [-0.4, -0.2) is 29.1 Å². The van der Waals surface area contributed by atoms with E-state index in [4.69, 9.17) is 19.5 Å². The first kappa shape index (κ1) is 20.9. The van der Waals surface area contributed by atoms with Crippen molar-refractivity contribution in [1.29, 1.82) is 5.26 Å². The van der Waals surface area contributed by atoms with Gasteiger partial charge in [0.25, 0.3) is 5.91 Å². The Morgan fingerprint density at radius 1 is 1.17 bits per heavy atom. The van der Waals surface area contributed by atoms with Crippen LogP contribution < -0.4 is 14.8 Å². The van der Waals surface area contributed by atoms with Gasteiger partial charge in [-0.2, -0.15) is 10.4 Å². The Labute approximate surface area is 174 Å². The zero-order chi connectivity index (χ0) is 21.5. The first-order valence-electron chi connectivity index (χ1n) is 9.34. The van der Waals surface area contributed by atoms with Crippen molar-refractivity contribution in [2.75, 3.05) is 12.4 Å². The molecule has 2 aromatic carbocycles. The molecule has 3 aromatic rings.